The first-order valence-corrected chi connectivity index (χ1v) is 14.2. The highest BCUT2D eigenvalue weighted by atomic mass is 16.7. The summed E-state index contributed by atoms with van der Waals surface area (Å²) >= 11 is 0. The number of benzene rings is 2. The predicted molar refractivity (Wildman–Crippen MR) is 151 cm³/mol. The minimum Gasteiger partial charge on any atom is -0.497 e. The molecular weight excluding hydrogens is 496 g/mol. The monoisotopic (exact) mass is 542 g/mol. The highest BCUT2D eigenvalue weighted by Gasteiger charge is 2.39. The molecular formula is C32H46O7. The van der Waals surface area contributed by atoms with Gasteiger partial charge in [0.2, 0.25) is 0 Å². The van der Waals surface area contributed by atoms with Crippen LogP contribution >= 0.6 is 0 Å². The van der Waals surface area contributed by atoms with E-state index in [9.17, 15) is 0 Å². The summed E-state index contributed by atoms with van der Waals surface area (Å²) in [6.45, 7) is 10.5. The van der Waals surface area contributed by atoms with Crippen LogP contribution in [0.1, 0.15) is 76.3 Å². The van der Waals surface area contributed by atoms with Gasteiger partial charge in [0.25, 0.3) is 0 Å². The number of hydrogen-bond acceptors (Lipinski definition) is 7. The molecule has 2 fully saturated rings. The van der Waals surface area contributed by atoms with Crippen molar-refractivity contribution in [2.75, 3.05) is 40.6 Å². The Kier molecular flexibility index (Phi) is 10.3. The summed E-state index contributed by atoms with van der Waals surface area (Å²) < 4.78 is 41.0. The van der Waals surface area contributed by atoms with E-state index in [0.29, 0.717) is 26.4 Å². The molecule has 0 aromatic heterocycles. The summed E-state index contributed by atoms with van der Waals surface area (Å²) in [5, 5.41) is 0. The third-order valence-electron chi connectivity index (χ3n) is 7.65. The Balaban J connectivity index is 1.26. The molecule has 4 rings (SSSR count). The maximum atomic E-state index is 6.24. The van der Waals surface area contributed by atoms with Gasteiger partial charge in [-0.15, -0.1) is 0 Å². The lowest BCUT2D eigenvalue weighted by atomic mass is 9.89. The SMILES string of the molecule is COc1ccc(C(CCCOCCCC(c2ccc(OC)cc2)C2COC(C)(C)O2)C2COC(C)(C)O2)cc1. The summed E-state index contributed by atoms with van der Waals surface area (Å²) in [4.78, 5) is 0. The fraction of sp³-hybridized carbons (Fsp3) is 0.625. The molecule has 0 bridgehead atoms. The highest BCUT2D eigenvalue weighted by molar-refractivity contribution is 5.31. The quantitative estimate of drug-likeness (QED) is 0.254. The normalized spacial score (nSPS) is 23.4. The smallest absolute Gasteiger partial charge is 0.163 e. The second-order valence-electron chi connectivity index (χ2n) is 11.4. The maximum Gasteiger partial charge on any atom is 0.163 e. The molecule has 4 unspecified atom stereocenters. The summed E-state index contributed by atoms with van der Waals surface area (Å²) in [6, 6.07) is 16.6. The summed E-state index contributed by atoms with van der Waals surface area (Å²) in [7, 11) is 3.38. The van der Waals surface area contributed by atoms with Crippen LogP contribution in [0.3, 0.4) is 0 Å². The van der Waals surface area contributed by atoms with E-state index in [2.05, 4.69) is 24.3 Å². The Bertz CT molecular complexity index is 921. The van der Waals surface area contributed by atoms with Crippen molar-refractivity contribution < 1.29 is 33.2 Å². The third-order valence-corrected chi connectivity index (χ3v) is 7.65. The van der Waals surface area contributed by atoms with Crippen molar-refractivity contribution >= 4 is 0 Å². The predicted octanol–water partition coefficient (Wildman–Crippen LogP) is 6.45. The van der Waals surface area contributed by atoms with Gasteiger partial charge >= 0.3 is 0 Å². The van der Waals surface area contributed by atoms with Crippen molar-refractivity contribution in [1.82, 2.24) is 0 Å². The lowest BCUT2D eigenvalue weighted by Gasteiger charge is -2.25. The van der Waals surface area contributed by atoms with Crippen molar-refractivity contribution in [3.8, 4) is 11.5 Å². The molecule has 0 radical (unpaired) electrons. The van der Waals surface area contributed by atoms with Crippen LogP contribution in [-0.2, 0) is 23.7 Å². The van der Waals surface area contributed by atoms with Crippen LogP contribution in [0.25, 0.3) is 0 Å². The van der Waals surface area contributed by atoms with Gasteiger partial charge < -0.3 is 33.2 Å². The van der Waals surface area contributed by atoms with Gasteiger partial charge in [-0.25, -0.2) is 0 Å². The van der Waals surface area contributed by atoms with E-state index >= 15 is 0 Å². The lowest BCUT2D eigenvalue weighted by molar-refractivity contribution is -0.141. The van der Waals surface area contributed by atoms with E-state index in [1.54, 1.807) is 14.2 Å². The van der Waals surface area contributed by atoms with E-state index in [4.69, 9.17) is 33.2 Å². The maximum absolute atomic E-state index is 6.24. The van der Waals surface area contributed by atoms with Gasteiger partial charge in [0.05, 0.1) is 39.6 Å². The fourth-order valence-corrected chi connectivity index (χ4v) is 5.58. The molecule has 0 N–H and O–H groups in total. The largest absolute Gasteiger partial charge is 0.497 e. The van der Waals surface area contributed by atoms with Crippen LogP contribution in [0.2, 0.25) is 0 Å². The molecule has 4 atom stereocenters. The van der Waals surface area contributed by atoms with Crippen molar-refractivity contribution in [2.24, 2.45) is 0 Å². The number of hydrogen-bond donors (Lipinski definition) is 0. The minimum absolute atomic E-state index is 0.0246. The molecule has 0 amide bonds. The molecule has 0 saturated carbocycles. The van der Waals surface area contributed by atoms with Gasteiger partial charge in [-0.2, -0.15) is 0 Å². The summed E-state index contributed by atoms with van der Waals surface area (Å²) in [5.41, 5.74) is 2.48. The lowest BCUT2D eigenvalue weighted by Crippen LogP contribution is -2.26. The molecule has 0 aliphatic carbocycles. The van der Waals surface area contributed by atoms with Crippen LogP contribution < -0.4 is 9.47 Å². The average Bonchev–Trinajstić information content (AvgIpc) is 3.48. The second-order valence-corrected chi connectivity index (χ2v) is 11.4. The van der Waals surface area contributed by atoms with E-state index < -0.39 is 11.6 Å². The van der Waals surface area contributed by atoms with Crippen LogP contribution in [0.15, 0.2) is 48.5 Å². The first kappa shape index (κ1) is 29.8. The van der Waals surface area contributed by atoms with Crippen molar-refractivity contribution in [1.29, 1.82) is 0 Å². The molecule has 7 heteroatoms. The Labute approximate surface area is 234 Å². The minimum atomic E-state index is -0.546. The number of methoxy groups -OCH3 is 2. The van der Waals surface area contributed by atoms with Crippen molar-refractivity contribution in [3.63, 3.8) is 0 Å². The Hall–Kier alpha value is -2.16. The molecule has 2 aliphatic heterocycles. The van der Waals surface area contributed by atoms with Crippen molar-refractivity contribution in [3.05, 3.63) is 59.7 Å². The molecule has 2 aromatic carbocycles. The standard InChI is InChI=1S/C32H46O7/c1-31(2)36-21-29(38-31)27(23-11-15-25(33-5)16-12-23)9-7-19-35-20-8-10-28(30-22-37-32(3,4)39-30)24-13-17-26(34-6)18-14-24/h11-18,27-30H,7-10,19-22H2,1-6H3. The zero-order chi connectivity index (χ0) is 27.9. The van der Waals surface area contributed by atoms with Gasteiger partial charge in [0, 0.05) is 25.0 Å². The topological polar surface area (TPSA) is 64.6 Å². The Morgan fingerprint density at radius 2 is 1.05 bits per heavy atom. The molecule has 39 heavy (non-hydrogen) atoms. The molecule has 2 saturated heterocycles. The van der Waals surface area contributed by atoms with Gasteiger partial charge in [-0.3, -0.25) is 0 Å². The number of ether oxygens (including phenoxy) is 7. The molecule has 2 aliphatic rings. The van der Waals surface area contributed by atoms with E-state index in [0.717, 1.165) is 37.2 Å². The first-order valence-electron chi connectivity index (χ1n) is 14.2. The fourth-order valence-electron chi connectivity index (χ4n) is 5.58. The molecule has 0 spiro atoms. The Morgan fingerprint density at radius 1 is 0.667 bits per heavy atom. The van der Waals surface area contributed by atoms with E-state index in [1.165, 1.54) is 11.1 Å². The van der Waals surface area contributed by atoms with Crippen molar-refractivity contribution in [2.45, 2.75) is 89.0 Å². The van der Waals surface area contributed by atoms with Gasteiger partial charge in [0.15, 0.2) is 11.6 Å². The Morgan fingerprint density at radius 3 is 1.36 bits per heavy atom. The van der Waals surface area contributed by atoms with E-state index in [-0.39, 0.29) is 24.0 Å². The molecule has 2 aromatic rings. The zero-order valence-corrected chi connectivity index (χ0v) is 24.4. The average molecular weight is 543 g/mol. The molecule has 2 heterocycles. The van der Waals surface area contributed by atoms with Crippen LogP contribution in [-0.4, -0.2) is 64.4 Å². The first-order chi connectivity index (χ1) is 18.7. The third kappa shape index (κ3) is 8.41. The summed E-state index contributed by atoms with van der Waals surface area (Å²) in [6.07, 6.45) is 3.88. The van der Waals surface area contributed by atoms with Gasteiger partial charge in [-0.1, -0.05) is 24.3 Å². The summed E-state index contributed by atoms with van der Waals surface area (Å²) in [5.74, 6) is 1.10. The molecule has 216 valence electrons. The van der Waals surface area contributed by atoms with Crippen LogP contribution in [0.4, 0.5) is 0 Å². The molecule has 7 nitrogen and oxygen atoms in total. The second kappa shape index (κ2) is 13.5. The number of rotatable bonds is 14. The van der Waals surface area contributed by atoms with Crippen LogP contribution in [0, 0.1) is 0 Å². The highest BCUT2D eigenvalue weighted by Crippen LogP contribution is 2.37. The van der Waals surface area contributed by atoms with Gasteiger partial charge in [-0.05, 0) is 88.8 Å². The van der Waals surface area contributed by atoms with Gasteiger partial charge in [0.1, 0.15) is 11.5 Å². The van der Waals surface area contributed by atoms with E-state index in [1.807, 2.05) is 52.0 Å². The van der Waals surface area contributed by atoms with Crippen LogP contribution in [0.5, 0.6) is 11.5 Å². The zero-order valence-electron chi connectivity index (χ0n) is 24.4.